The molecule has 1 aliphatic heterocycles. The maximum atomic E-state index is 12.7. The molecule has 7 nitrogen and oxygen atoms in total. The number of hydrogen-bond acceptors (Lipinski definition) is 4. The van der Waals surface area contributed by atoms with Crippen LogP contribution in [0.25, 0.3) is 11.2 Å². The number of aryl methyl sites for hydroxylation is 1. The fraction of sp³-hybridized carbons (Fsp3) is 0.421. The normalized spacial score (nSPS) is 16.9. The van der Waals surface area contributed by atoms with Crippen LogP contribution in [-0.2, 0) is 27.1 Å². The first-order chi connectivity index (χ1) is 12.5. The molecule has 0 aliphatic carbocycles. The Morgan fingerprint density at radius 1 is 1.08 bits per heavy atom. The minimum Gasteiger partial charge on any atom is -0.342 e. The molecule has 0 N–H and O–H groups in total. The molecule has 0 amide bonds. The number of hydrogen-bond donors (Lipinski definition) is 0. The van der Waals surface area contributed by atoms with E-state index in [0.29, 0.717) is 17.1 Å². The molecule has 0 unspecified atom stereocenters. The summed E-state index contributed by atoms with van der Waals surface area (Å²) >= 11 is 0. The van der Waals surface area contributed by atoms with Crippen molar-refractivity contribution in [2.24, 2.45) is 20.0 Å². The topological polar surface area (TPSA) is 65.1 Å². The predicted octanol–water partition coefficient (Wildman–Crippen LogP) is 1.13. The molecular weight excluding hydrogens is 330 g/mol. The van der Waals surface area contributed by atoms with Gasteiger partial charge in [0, 0.05) is 33.7 Å². The third kappa shape index (κ3) is 2.55. The fourth-order valence-corrected chi connectivity index (χ4v) is 3.78. The molecule has 0 saturated carbocycles. The molecule has 0 spiro atoms. The first-order valence-corrected chi connectivity index (χ1v) is 8.92. The number of aromatic nitrogens is 4. The highest BCUT2D eigenvalue weighted by Crippen LogP contribution is 2.26. The van der Waals surface area contributed by atoms with Gasteiger partial charge in [-0.1, -0.05) is 37.3 Å². The molecule has 0 bridgehead atoms. The van der Waals surface area contributed by atoms with Crippen LogP contribution in [-0.4, -0.2) is 31.8 Å². The van der Waals surface area contributed by atoms with E-state index in [-0.39, 0.29) is 11.2 Å². The van der Waals surface area contributed by atoms with Crippen LogP contribution < -0.4 is 16.1 Å². The van der Waals surface area contributed by atoms with Crippen molar-refractivity contribution in [3.05, 3.63) is 56.7 Å². The van der Waals surface area contributed by atoms with Gasteiger partial charge in [-0.2, -0.15) is 4.98 Å². The molecule has 3 heterocycles. The average molecular weight is 353 g/mol. The number of rotatable bonds is 3. The molecule has 0 radical (unpaired) electrons. The van der Waals surface area contributed by atoms with Crippen LogP contribution in [0.15, 0.2) is 39.9 Å². The van der Waals surface area contributed by atoms with Gasteiger partial charge >= 0.3 is 5.69 Å². The van der Waals surface area contributed by atoms with E-state index in [4.69, 9.17) is 0 Å². The molecule has 136 valence electrons. The zero-order chi connectivity index (χ0) is 18.4. The van der Waals surface area contributed by atoms with Gasteiger partial charge in [-0.05, 0) is 17.9 Å². The van der Waals surface area contributed by atoms with E-state index in [0.717, 1.165) is 36.6 Å². The zero-order valence-electron chi connectivity index (χ0n) is 15.3. The molecule has 1 atom stereocenters. The summed E-state index contributed by atoms with van der Waals surface area (Å²) < 4.78 is 4.60. The second kappa shape index (κ2) is 6.16. The van der Waals surface area contributed by atoms with Gasteiger partial charge in [-0.3, -0.25) is 13.9 Å². The smallest absolute Gasteiger partial charge is 0.332 e. The number of imidazole rings is 1. The van der Waals surface area contributed by atoms with Gasteiger partial charge in [0.15, 0.2) is 11.2 Å². The lowest BCUT2D eigenvalue weighted by Crippen LogP contribution is -2.40. The maximum absolute atomic E-state index is 12.7. The van der Waals surface area contributed by atoms with E-state index in [1.54, 1.807) is 7.05 Å². The Morgan fingerprint density at radius 2 is 1.81 bits per heavy atom. The van der Waals surface area contributed by atoms with E-state index in [1.165, 1.54) is 17.2 Å². The molecule has 0 saturated heterocycles. The molecule has 26 heavy (non-hydrogen) atoms. The third-order valence-electron chi connectivity index (χ3n) is 5.15. The lowest BCUT2D eigenvalue weighted by molar-refractivity contribution is 0.437. The van der Waals surface area contributed by atoms with E-state index in [9.17, 15) is 9.59 Å². The van der Waals surface area contributed by atoms with E-state index >= 15 is 0 Å². The van der Waals surface area contributed by atoms with Gasteiger partial charge in [0.25, 0.3) is 5.56 Å². The number of fused-ring (bicyclic) bond motifs is 3. The minimum absolute atomic E-state index is 0.279. The Kier molecular flexibility index (Phi) is 3.94. The Labute approximate surface area is 151 Å². The van der Waals surface area contributed by atoms with Crippen molar-refractivity contribution in [3.8, 4) is 0 Å². The SMILES string of the molecule is C[C@@H]1CN(CCc2ccccc2)c2nc3c(c(=O)n(C)c(=O)n3C)n2C1. The largest absolute Gasteiger partial charge is 0.342 e. The second-order valence-electron chi connectivity index (χ2n) is 7.19. The summed E-state index contributed by atoms with van der Waals surface area (Å²) in [6.07, 6.45) is 0.910. The summed E-state index contributed by atoms with van der Waals surface area (Å²) in [5.41, 5.74) is 1.63. The van der Waals surface area contributed by atoms with Gasteiger partial charge in [0.2, 0.25) is 5.95 Å². The van der Waals surface area contributed by atoms with Crippen LogP contribution in [0.4, 0.5) is 5.95 Å². The van der Waals surface area contributed by atoms with Gasteiger partial charge < -0.3 is 9.47 Å². The molecular formula is C19H23N5O2. The summed E-state index contributed by atoms with van der Waals surface area (Å²) in [7, 11) is 3.18. The third-order valence-corrected chi connectivity index (χ3v) is 5.15. The van der Waals surface area contributed by atoms with Crippen LogP contribution in [0.2, 0.25) is 0 Å². The van der Waals surface area contributed by atoms with Crippen molar-refractivity contribution >= 4 is 17.1 Å². The highest BCUT2D eigenvalue weighted by molar-refractivity contribution is 5.75. The quantitative estimate of drug-likeness (QED) is 0.708. The first kappa shape index (κ1) is 16.6. The maximum Gasteiger partial charge on any atom is 0.332 e. The van der Waals surface area contributed by atoms with Crippen molar-refractivity contribution < 1.29 is 0 Å². The average Bonchev–Trinajstić information content (AvgIpc) is 3.03. The monoisotopic (exact) mass is 353 g/mol. The summed E-state index contributed by atoms with van der Waals surface area (Å²) in [4.78, 5) is 31.8. The van der Waals surface area contributed by atoms with Crippen LogP contribution >= 0.6 is 0 Å². The van der Waals surface area contributed by atoms with Crippen LogP contribution in [0, 0.1) is 5.92 Å². The fourth-order valence-electron chi connectivity index (χ4n) is 3.78. The number of anilines is 1. The Morgan fingerprint density at radius 3 is 2.54 bits per heavy atom. The molecule has 4 rings (SSSR count). The number of nitrogens with zero attached hydrogens (tertiary/aromatic N) is 5. The standard InChI is InChI=1S/C19H23N5O2/c1-13-11-23(10-9-14-7-5-4-6-8-14)18-20-16-15(24(18)12-13)17(25)22(3)19(26)21(16)2/h4-8,13H,9-12H2,1-3H3/t13-/m1/s1. The highest BCUT2D eigenvalue weighted by Gasteiger charge is 2.28. The molecule has 2 aromatic heterocycles. The Bertz CT molecular complexity index is 1080. The van der Waals surface area contributed by atoms with Crippen molar-refractivity contribution in [1.29, 1.82) is 0 Å². The van der Waals surface area contributed by atoms with Gasteiger partial charge in [-0.25, -0.2) is 4.79 Å². The minimum atomic E-state index is -0.346. The van der Waals surface area contributed by atoms with Gasteiger partial charge in [-0.15, -0.1) is 0 Å². The Hall–Kier alpha value is -2.83. The summed E-state index contributed by atoms with van der Waals surface area (Å²) in [6, 6.07) is 10.3. The molecule has 7 heteroatoms. The molecule has 1 aliphatic rings. The summed E-state index contributed by atoms with van der Waals surface area (Å²) in [5, 5.41) is 0. The highest BCUT2D eigenvalue weighted by atomic mass is 16.2. The molecule has 3 aromatic rings. The van der Waals surface area contributed by atoms with Crippen molar-refractivity contribution in [3.63, 3.8) is 0 Å². The molecule has 1 aromatic carbocycles. The van der Waals surface area contributed by atoms with E-state index in [2.05, 4.69) is 28.9 Å². The zero-order valence-corrected chi connectivity index (χ0v) is 15.3. The van der Waals surface area contributed by atoms with Crippen LogP contribution in [0.3, 0.4) is 0 Å². The molecule has 0 fully saturated rings. The summed E-state index contributed by atoms with van der Waals surface area (Å²) in [5.74, 6) is 1.19. The van der Waals surface area contributed by atoms with Crippen molar-refractivity contribution in [2.45, 2.75) is 19.9 Å². The van der Waals surface area contributed by atoms with Crippen LogP contribution in [0.1, 0.15) is 12.5 Å². The van der Waals surface area contributed by atoms with Crippen molar-refractivity contribution in [1.82, 2.24) is 18.7 Å². The lowest BCUT2D eigenvalue weighted by atomic mass is 10.1. The van der Waals surface area contributed by atoms with E-state index < -0.39 is 0 Å². The first-order valence-electron chi connectivity index (χ1n) is 8.92. The lowest BCUT2D eigenvalue weighted by Gasteiger charge is -2.33. The predicted molar refractivity (Wildman–Crippen MR) is 102 cm³/mol. The summed E-state index contributed by atoms with van der Waals surface area (Å²) in [6.45, 7) is 4.63. The van der Waals surface area contributed by atoms with Crippen molar-refractivity contribution in [2.75, 3.05) is 18.0 Å². The van der Waals surface area contributed by atoms with Crippen LogP contribution in [0.5, 0.6) is 0 Å². The number of benzene rings is 1. The van der Waals surface area contributed by atoms with Gasteiger partial charge in [0.1, 0.15) is 0 Å². The van der Waals surface area contributed by atoms with Gasteiger partial charge in [0.05, 0.1) is 0 Å². The second-order valence-corrected chi connectivity index (χ2v) is 7.19. The Balaban J connectivity index is 1.80. The van der Waals surface area contributed by atoms with E-state index in [1.807, 2.05) is 22.8 Å².